The number of carbonyl (C=O) groups excluding carboxylic acids is 2. The molecule has 0 aliphatic heterocycles. The Kier molecular flexibility index (Phi) is 32.3. The summed E-state index contributed by atoms with van der Waals surface area (Å²) < 4.78 is 17.2. The molecule has 0 amide bonds. The molecule has 52 heavy (non-hydrogen) atoms. The van der Waals surface area contributed by atoms with Gasteiger partial charge in [-0.05, 0) is 51.4 Å². The molecular weight excluding hydrogens is 654 g/mol. The first-order chi connectivity index (χ1) is 25.1. The lowest BCUT2D eigenvalue weighted by Gasteiger charge is -2.31. The summed E-state index contributed by atoms with van der Waals surface area (Å²) in [6, 6.07) is -0.627. The van der Waals surface area contributed by atoms with Crippen LogP contribution in [0.1, 0.15) is 123 Å². The van der Waals surface area contributed by atoms with Gasteiger partial charge in [-0.2, -0.15) is 0 Å². The van der Waals surface area contributed by atoms with Crippen LogP contribution in [-0.4, -0.2) is 80.6 Å². The molecule has 0 aromatic heterocycles. The molecule has 294 valence electrons. The Morgan fingerprint density at radius 2 is 1.02 bits per heavy atom. The molecule has 0 radical (unpaired) electrons. The zero-order valence-electron chi connectivity index (χ0n) is 33.2. The van der Waals surface area contributed by atoms with E-state index in [1.165, 1.54) is 19.3 Å². The molecule has 0 bridgehead atoms. The van der Waals surface area contributed by atoms with Crippen LogP contribution in [0.5, 0.6) is 0 Å². The summed E-state index contributed by atoms with van der Waals surface area (Å²) in [5, 5.41) is 9.59. The highest BCUT2D eigenvalue weighted by Crippen LogP contribution is 2.13. The first kappa shape index (κ1) is 48.5. The molecule has 0 aromatic carbocycles. The number of likely N-dealkylation sites (N-methyl/N-ethyl adjacent to an activating group) is 1. The highest BCUT2D eigenvalue weighted by Gasteiger charge is 2.31. The van der Waals surface area contributed by atoms with E-state index in [4.69, 9.17) is 14.2 Å². The van der Waals surface area contributed by atoms with Crippen LogP contribution >= 0.6 is 0 Å². The number of hydrogen-bond donors (Lipinski definition) is 1. The molecule has 8 heteroatoms. The van der Waals surface area contributed by atoms with Gasteiger partial charge in [-0.15, -0.1) is 0 Å². The van der Waals surface area contributed by atoms with Crippen LogP contribution in [0.3, 0.4) is 0 Å². The van der Waals surface area contributed by atoms with Crippen LogP contribution in [0, 0.1) is 0 Å². The minimum atomic E-state index is -0.888. The normalized spacial score (nSPS) is 13.9. The molecule has 0 aromatic rings. The minimum absolute atomic E-state index is 0.0376. The zero-order chi connectivity index (χ0) is 38.5. The number of carboxylic acids is 1. The van der Waals surface area contributed by atoms with Crippen LogP contribution in [0.2, 0.25) is 0 Å². The number of quaternary nitrogens is 1. The molecule has 0 spiro atoms. The summed E-state index contributed by atoms with van der Waals surface area (Å²) in [4.78, 5) is 36.8. The lowest BCUT2D eigenvalue weighted by molar-refractivity contribution is -0.887. The molecule has 0 aliphatic carbocycles. The van der Waals surface area contributed by atoms with Crippen molar-refractivity contribution in [1.29, 1.82) is 0 Å². The number of carboxylic acid groups (broad SMARTS) is 1. The Bertz CT molecular complexity index is 1120. The second-order valence-electron chi connectivity index (χ2n) is 13.9. The number of rotatable bonds is 33. The largest absolute Gasteiger partial charge is 0.477 e. The Labute approximate surface area is 316 Å². The second-order valence-corrected chi connectivity index (χ2v) is 13.9. The molecule has 0 fully saturated rings. The fourth-order valence-electron chi connectivity index (χ4n) is 5.16. The summed E-state index contributed by atoms with van der Waals surface area (Å²) in [7, 11) is 5.49. The number of allylic oxidation sites excluding steroid dienone is 14. The predicted octanol–water partition coefficient (Wildman–Crippen LogP) is 10.2. The number of hydrogen-bond acceptors (Lipinski definition) is 6. The van der Waals surface area contributed by atoms with E-state index >= 15 is 0 Å². The van der Waals surface area contributed by atoms with E-state index in [0.717, 1.165) is 70.6 Å². The number of carbonyl (C=O) groups is 3. The van der Waals surface area contributed by atoms with Crippen molar-refractivity contribution < 1.29 is 38.2 Å². The van der Waals surface area contributed by atoms with E-state index in [1.54, 1.807) is 0 Å². The number of aliphatic carboxylic acids is 1. The SMILES string of the molecule is CC/C=C/C=C/C=C/C=C/CCCCCC(=O)OCC(COCCC(C(=O)O)[N+](C)(C)C)OC(=O)CCCCCCCCC/C=C/C=C/C=C/CC. The highest BCUT2D eigenvalue weighted by atomic mass is 16.6. The van der Waals surface area contributed by atoms with Crippen molar-refractivity contribution in [2.45, 2.75) is 135 Å². The third-order valence-corrected chi connectivity index (χ3v) is 8.20. The maximum absolute atomic E-state index is 12.7. The van der Waals surface area contributed by atoms with Crippen LogP contribution in [0.15, 0.2) is 85.1 Å². The van der Waals surface area contributed by atoms with Gasteiger partial charge in [0.1, 0.15) is 6.61 Å². The molecule has 0 saturated heterocycles. The van der Waals surface area contributed by atoms with Gasteiger partial charge in [-0.3, -0.25) is 9.59 Å². The van der Waals surface area contributed by atoms with Crippen molar-refractivity contribution in [1.82, 2.24) is 0 Å². The van der Waals surface area contributed by atoms with Crippen molar-refractivity contribution in [3.8, 4) is 0 Å². The van der Waals surface area contributed by atoms with Gasteiger partial charge >= 0.3 is 17.9 Å². The molecule has 2 unspecified atom stereocenters. The lowest BCUT2D eigenvalue weighted by Crippen LogP contribution is -2.50. The van der Waals surface area contributed by atoms with E-state index < -0.39 is 18.1 Å². The molecule has 2 atom stereocenters. The standard InChI is InChI=1S/C44H71NO7/c1-6-8-10-12-14-16-18-20-21-23-25-27-29-31-33-35-43(47)52-40(38-50-37-36-41(44(48)49)45(3,4)5)39-51-42(46)34-32-30-28-26-24-22-19-17-15-13-11-9-7-2/h8-19,22,24,40-41H,6-7,20-21,23,25-39H2,1-5H3/p+1/b10-8+,11-9+,14-12+,15-13+,18-16+,19-17+,24-22+. The van der Waals surface area contributed by atoms with Gasteiger partial charge in [0.15, 0.2) is 12.1 Å². The van der Waals surface area contributed by atoms with Gasteiger partial charge in [-0.1, -0.05) is 137 Å². The third-order valence-electron chi connectivity index (χ3n) is 8.20. The van der Waals surface area contributed by atoms with Crippen molar-refractivity contribution in [2.24, 2.45) is 0 Å². The Hall–Kier alpha value is -3.49. The maximum Gasteiger partial charge on any atom is 0.362 e. The van der Waals surface area contributed by atoms with E-state index in [0.29, 0.717) is 19.3 Å². The van der Waals surface area contributed by atoms with Crippen LogP contribution < -0.4 is 0 Å². The number of unbranched alkanes of at least 4 members (excludes halogenated alkanes) is 10. The summed E-state index contributed by atoms with van der Waals surface area (Å²) in [6.07, 6.45) is 43.4. The average Bonchev–Trinajstić information content (AvgIpc) is 3.09. The summed E-state index contributed by atoms with van der Waals surface area (Å²) >= 11 is 0. The van der Waals surface area contributed by atoms with Crippen LogP contribution in [0.25, 0.3) is 0 Å². The van der Waals surface area contributed by atoms with Gasteiger partial charge in [0.25, 0.3) is 0 Å². The second kappa shape index (κ2) is 34.6. The molecular formula is C44H72NO7+. The highest BCUT2D eigenvalue weighted by molar-refractivity contribution is 5.72. The fraction of sp³-hybridized carbons (Fsp3) is 0.614. The van der Waals surface area contributed by atoms with Gasteiger partial charge in [-0.25, -0.2) is 4.79 Å². The van der Waals surface area contributed by atoms with Crippen LogP contribution in [-0.2, 0) is 28.6 Å². The smallest absolute Gasteiger partial charge is 0.362 e. The molecule has 0 rings (SSSR count). The Morgan fingerprint density at radius 1 is 0.577 bits per heavy atom. The third kappa shape index (κ3) is 32.4. The number of ether oxygens (including phenoxy) is 3. The van der Waals surface area contributed by atoms with Crippen molar-refractivity contribution in [2.75, 3.05) is 41.0 Å². The topological polar surface area (TPSA) is 99.1 Å². The maximum atomic E-state index is 12.7. The van der Waals surface area contributed by atoms with Crippen LogP contribution in [0.4, 0.5) is 0 Å². The molecule has 0 heterocycles. The molecule has 0 saturated carbocycles. The number of nitrogens with zero attached hydrogens (tertiary/aromatic N) is 1. The van der Waals surface area contributed by atoms with E-state index in [-0.39, 0.29) is 36.2 Å². The summed E-state index contributed by atoms with van der Waals surface area (Å²) in [5.41, 5.74) is 0. The van der Waals surface area contributed by atoms with Crippen molar-refractivity contribution in [3.63, 3.8) is 0 Å². The lowest BCUT2D eigenvalue weighted by atomic mass is 10.1. The number of esters is 2. The zero-order valence-corrected chi connectivity index (χ0v) is 33.2. The quantitative estimate of drug-likeness (QED) is 0.0311. The molecule has 0 aliphatic rings. The van der Waals surface area contributed by atoms with E-state index in [2.05, 4.69) is 62.5 Å². The predicted molar refractivity (Wildman–Crippen MR) is 215 cm³/mol. The van der Waals surface area contributed by atoms with E-state index in [9.17, 15) is 19.5 Å². The van der Waals surface area contributed by atoms with Crippen molar-refractivity contribution in [3.05, 3.63) is 85.1 Å². The average molecular weight is 727 g/mol. The Morgan fingerprint density at radius 3 is 1.52 bits per heavy atom. The van der Waals surface area contributed by atoms with E-state index in [1.807, 2.05) is 57.6 Å². The van der Waals surface area contributed by atoms with Gasteiger partial charge in [0.2, 0.25) is 0 Å². The Balaban J connectivity index is 4.51. The first-order valence-corrected chi connectivity index (χ1v) is 19.7. The molecule has 1 N–H and O–H groups in total. The summed E-state index contributed by atoms with van der Waals surface area (Å²) in [5.74, 6) is -1.55. The van der Waals surface area contributed by atoms with Gasteiger partial charge < -0.3 is 23.8 Å². The van der Waals surface area contributed by atoms with Gasteiger partial charge in [0.05, 0.1) is 34.4 Å². The van der Waals surface area contributed by atoms with Crippen molar-refractivity contribution >= 4 is 17.9 Å². The molecule has 8 nitrogen and oxygen atoms in total. The first-order valence-electron chi connectivity index (χ1n) is 19.7. The monoisotopic (exact) mass is 727 g/mol. The minimum Gasteiger partial charge on any atom is -0.477 e. The van der Waals surface area contributed by atoms with Gasteiger partial charge in [0, 0.05) is 19.3 Å². The summed E-state index contributed by atoms with van der Waals surface area (Å²) in [6.45, 7) is 4.38. The fourth-order valence-corrected chi connectivity index (χ4v) is 5.16.